The van der Waals surface area contributed by atoms with E-state index in [1.54, 1.807) is 24.3 Å². The van der Waals surface area contributed by atoms with E-state index in [1.165, 1.54) is 0 Å². The van der Waals surface area contributed by atoms with E-state index in [4.69, 9.17) is 9.47 Å². The predicted octanol–water partition coefficient (Wildman–Crippen LogP) is 2.18. The molecule has 0 bridgehead atoms. The van der Waals surface area contributed by atoms with Crippen molar-refractivity contribution in [3.8, 4) is 11.5 Å². The maximum Gasteiger partial charge on any atom is 0.335 e. The summed E-state index contributed by atoms with van der Waals surface area (Å²) in [7, 11) is 0. The van der Waals surface area contributed by atoms with Crippen LogP contribution >= 0.6 is 0 Å². The normalized spacial score (nSPS) is 9.21. The molecule has 0 amide bonds. The summed E-state index contributed by atoms with van der Waals surface area (Å²) in [5.41, 5.74) is 0. The molecular weight excluding hydrogens is 180 g/mol. The zero-order valence-corrected chi connectivity index (χ0v) is 8.03. The Morgan fingerprint density at radius 3 is 2.43 bits per heavy atom. The molecule has 0 aliphatic heterocycles. The van der Waals surface area contributed by atoms with E-state index < -0.39 is 5.97 Å². The average molecular weight is 192 g/mol. The number of hydrogen-bond donors (Lipinski definition) is 0. The van der Waals surface area contributed by atoms with Gasteiger partial charge in [0, 0.05) is 6.08 Å². The Balaban J connectivity index is 2.63. The molecule has 0 saturated carbocycles. The van der Waals surface area contributed by atoms with Gasteiger partial charge in [0.2, 0.25) is 0 Å². The molecule has 74 valence electrons. The standard InChI is InChI=1S/C11H12O3/c1-3-11(12)14-10-7-5-9(6-8-10)13-4-2/h3,5-8H,1,4H2,2H3. The molecule has 0 N–H and O–H groups in total. The van der Waals surface area contributed by atoms with Crippen molar-refractivity contribution in [2.24, 2.45) is 0 Å². The van der Waals surface area contributed by atoms with Gasteiger partial charge in [-0.1, -0.05) is 6.58 Å². The fourth-order valence-corrected chi connectivity index (χ4v) is 0.928. The molecule has 0 aliphatic rings. The molecule has 0 fully saturated rings. The molecule has 1 rings (SSSR count). The maximum atomic E-state index is 10.8. The summed E-state index contributed by atoms with van der Waals surface area (Å²) in [4.78, 5) is 10.8. The van der Waals surface area contributed by atoms with E-state index in [2.05, 4.69) is 6.58 Å². The van der Waals surface area contributed by atoms with Crippen LogP contribution in [0, 0.1) is 0 Å². The summed E-state index contributed by atoms with van der Waals surface area (Å²) in [6, 6.07) is 6.84. The highest BCUT2D eigenvalue weighted by Gasteiger charge is 1.99. The van der Waals surface area contributed by atoms with Crippen molar-refractivity contribution in [2.45, 2.75) is 6.92 Å². The van der Waals surface area contributed by atoms with E-state index >= 15 is 0 Å². The van der Waals surface area contributed by atoms with Gasteiger partial charge >= 0.3 is 5.97 Å². The maximum absolute atomic E-state index is 10.8. The molecule has 0 unspecified atom stereocenters. The topological polar surface area (TPSA) is 35.5 Å². The molecule has 0 radical (unpaired) electrons. The van der Waals surface area contributed by atoms with Crippen molar-refractivity contribution in [3.63, 3.8) is 0 Å². The Morgan fingerprint density at radius 2 is 1.93 bits per heavy atom. The zero-order chi connectivity index (χ0) is 10.4. The van der Waals surface area contributed by atoms with Crippen molar-refractivity contribution in [1.29, 1.82) is 0 Å². The van der Waals surface area contributed by atoms with Crippen LogP contribution < -0.4 is 9.47 Å². The summed E-state index contributed by atoms with van der Waals surface area (Å²) in [6.07, 6.45) is 1.12. The molecule has 0 saturated heterocycles. The van der Waals surface area contributed by atoms with E-state index in [-0.39, 0.29) is 0 Å². The Hall–Kier alpha value is -1.77. The van der Waals surface area contributed by atoms with E-state index in [1.807, 2.05) is 6.92 Å². The number of benzene rings is 1. The highest BCUT2D eigenvalue weighted by molar-refractivity contribution is 5.83. The van der Waals surface area contributed by atoms with Crippen LogP contribution in [0.3, 0.4) is 0 Å². The van der Waals surface area contributed by atoms with Gasteiger partial charge in [-0.2, -0.15) is 0 Å². The third kappa shape index (κ3) is 2.94. The van der Waals surface area contributed by atoms with Crippen molar-refractivity contribution >= 4 is 5.97 Å². The average Bonchev–Trinajstić information content (AvgIpc) is 2.21. The molecule has 0 atom stereocenters. The molecule has 3 nitrogen and oxygen atoms in total. The fourth-order valence-electron chi connectivity index (χ4n) is 0.928. The summed E-state index contributed by atoms with van der Waals surface area (Å²) >= 11 is 0. The van der Waals surface area contributed by atoms with Crippen LogP contribution in [0.15, 0.2) is 36.9 Å². The van der Waals surface area contributed by atoms with Crippen LogP contribution in [0.5, 0.6) is 11.5 Å². The molecule has 0 aromatic heterocycles. The molecular formula is C11H12O3. The number of carbonyl (C=O) groups excluding carboxylic acids is 1. The predicted molar refractivity (Wildman–Crippen MR) is 53.4 cm³/mol. The van der Waals surface area contributed by atoms with Crippen LogP contribution in [0.1, 0.15) is 6.92 Å². The number of ether oxygens (including phenoxy) is 2. The summed E-state index contributed by atoms with van der Waals surface area (Å²) in [6.45, 7) is 5.83. The van der Waals surface area contributed by atoms with E-state index in [0.29, 0.717) is 12.4 Å². The van der Waals surface area contributed by atoms with Crippen LogP contribution in [-0.4, -0.2) is 12.6 Å². The van der Waals surface area contributed by atoms with Crippen molar-refractivity contribution in [3.05, 3.63) is 36.9 Å². The molecule has 1 aromatic carbocycles. The fraction of sp³-hybridized carbons (Fsp3) is 0.182. The molecule has 0 heterocycles. The lowest BCUT2D eigenvalue weighted by molar-refractivity contribution is -0.128. The SMILES string of the molecule is C=CC(=O)Oc1ccc(OCC)cc1. The third-order valence-electron chi connectivity index (χ3n) is 1.52. The van der Waals surface area contributed by atoms with Crippen LogP contribution in [0.4, 0.5) is 0 Å². The van der Waals surface area contributed by atoms with Gasteiger partial charge in [0.25, 0.3) is 0 Å². The van der Waals surface area contributed by atoms with Crippen molar-refractivity contribution in [1.82, 2.24) is 0 Å². The lowest BCUT2D eigenvalue weighted by Gasteiger charge is -2.04. The van der Waals surface area contributed by atoms with E-state index in [0.717, 1.165) is 11.8 Å². The first-order valence-electron chi connectivity index (χ1n) is 4.33. The summed E-state index contributed by atoms with van der Waals surface area (Å²) < 4.78 is 10.1. The van der Waals surface area contributed by atoms with Crippen LogP contribution in [-0.2, 0) is 4.79 Å². The molecule has 14 heavy (non-hydrogen) atoms. The van der Waals surface area contributed by atoms with Crippen LogP contribution in [0.2, 0.25) is 0 Å². The van der Waals surface area contributed by atoms with Gasteiger partial charge in [-0.25, -0.2) is 4.79 Å². The lowest BCUT2D eigenvalue weighted by atomic mass is 10.3. The Labute approximate surface area is 83.0 Å². The highest BCUT2D eigenvalue weighted by Crippen LogP contribution is 2.17. The first kappa shape index (κ1) is 10.3. The van der Waals surface area contributed by atoms with Gasteiger partial charge in [0.1, 0.15) is 11.5 Å². The second-order valence-corrected chi connectivity index (χ2v) is 2.53. The smallest absolute Gasteiger partial charge is 0.335 e. The minimum Gasteiger partial charge on any atom is -0.494 e. The Morgan fingerprint density at radius 1 is 1.36 bits per heavy atom. The Bertz CT molecular complexity index is 314. The minimum atomic E-state index is -0.464. The second kappa shape index (κ2) is 5.07. The largest absolute Gasteiger partial charge is 0.494 e. The van der Waals surface area contributed by atoms with E-state index in [9.17, 15) is 4.79 Å². The van der Waals surface area contributed by atoms with Gasteiger partial charge in [-0.05, 0) is 31.2 Å². The lowest BCUT2D eigenvalue weighted by Crippen LogP contribution is -2.02. The molecule has 0 spiro atoms. The highest BCUT2D eigenvalue weighted by atomic mass is 16.5. The van der Waals surface area contributed by atoms with Gasteiger partial charge in [-0.3, -0.25) is 0 Å². The van der Waals surface area contributed by atoms with Gasteiger partial charge in [-0.15, -0.1) is 0 Å². The first-order chi connectivity index (χ1) is 6.76. The molecule has 3 heteroatoms. The third-order valence-corrected chi connectivity index (χ3v) is 1.52. The second-order valence-electron chi connectivity index (χ2n) is 2.53. The van der Waals surface area contributed by atoms with Gasteiger partial charge in [0.05, 0.1) is 6.61 Å². The number of rotatable bonds is 4. The van der Waals surface area contributed by atoms with Crippen molar-refractivity contribution in [2.75, 3.05) is 6.61 Å². The molecule has 0 aliphatic carbocycles. The van der Waals surface area contributed by atoms with Gasteiger partial charge < -0.3 is 9.47 Å². The van der Waals surface area contributed by atoms with Crippen molar-refractivity contribution < 1.29 is 14.3 Å². The summed E-state index contributed by atoms with van der Waals surface area (Å²) in [5, 5.41) is 0. The minimum absolute atomic E-state index is 0.464. The summed E-state index contributed by atoms with van der Waals surface area (Å²) in [5.74, 6) is 0.776. The quantitative estimate of drug-likeness (QED) is 0.416. The number of esters is 1. The Kier molecular flexibility index (Phi) is 3.73. The molecule has 1 aromatic rings. The number of hydrogen-bond acceptors (Lipinski definition) is 3. The monoisotopic (exact) mass is 192 g/mol. The van der Waals surface area contributed by atoms with Crippen LogP contribution in [0.25, 0.3) is 0 Å². The van der Waals surface area contributed by atoms with Gasteiger partial charge in [0.15, 0.2) is 0 Å². The number of carbonyl (C=O) groups is 1. The first-order valence-corrected chi connectivity index (χ1v) is 4.33. The zero-order valence-electron chi connectivity index (χ0n) is 8.03.